The van der Waals surface area contributed by atoms with E-state index in [0.29, 0.717) is 0 Å². The van der Waals surface area contributed by atoms with Crippen molar-refractivity contribution in [2.75, 3.05) is 0 Å². The lowest BCUT2D eigenvalue weighted by atomic mass is 9.99. The molecule has 19 heavy (non-hydrogen) atoms. The van der Waals surface area contributed by atoms with Crippen LogP contribution in [0.3, 0.4) is 0 Å². The van der Waals surface area contributed by atoms with Crippen molar-refractivity contribution >= 4 is 0 Å². The highest BCUT2D eigenvalue weighted by Crippen LogP contribution is 2.21. The second-order valence-corrected chi connectivity index (χ2v) is 4.80. The van der Waals surface area contributed by atoms with E-state index in [9.17, 15) is 0 Å². The van der Waals surface area contributed by atoms with E-state index < -0.39 is 0 Å². The largest absolute Gasteiger partial charge is 0.275 e. The van der Waals surface area contributed by atoms with Crippen molar-refractivity contribution in [3.63, 3.8) is 0 Å². The zero-order valence-electron chi connectivity index (χ0n) is 11.6. The van der Waals surface area contributed by atoms with Crippen molar-refractivity contribution in [2.45, 2.75) is 32.2 Å². The number of hydrazine groups is 1. The maximum absolute atomic E-state index is 5.71. The third kappa shape index (κ3) is 3.43. The van der Waals surface area contributed by atoms with E-state index in [4.69, 9.17) is 5.84 Å². The van der Waals surface area contributed by atoms with Gasteiger partial charge in [0.25, 0.3) is 0 Å². The molecular formula is C15H22N4. The van der Waals surface area contributed by atoms with E-state index in [1.807, 2.05) is 17.8 Å². The summed E-state index contributed by atoms with van der Waals surface area (Å²) in [6, 6.07) is 10.6. The highest BCUT2D eigenvalue weighted by molar-refractivity contribution is 5.22. The second-order valence-electron chi connectivity index (χ2n) is 4.80. The van der Waals surface area contributed by atoms with Gasteiger partial charge in [0.05, 0.1) is 5.69 Å². The number of benzene rings is 1. The lowest BCUT2D eigenvalue weighted by molar-refractivity contribution is 0.513. The predicted molar refractivity (Wildman–Crippen MR) is 77.4 cm³/mol. The summed E-state index contributed by atoms with van der Waals surface area (Å²) in [6.45, 7) is 2.12. The first kappa shape index (κ1) is 13.8. The lowest BCUT2D eigenvalue weighted by Crippen LogP contribution is -2.28. The molecule has 0 bridgehead atoms. The fourth-order valence-corrected chi connectivity index (χ4v) is 2.40. The summed E-state index contributed by atoms with van der Waals surface area (Å²) >= 11 is 0. The molecule has 1 unspecified atom stereocenters. The molecule has 2 rings (SSSR count). The molecule has 102 valence electrons. The van der Waals surface area contributed by atoms with E-state index in [1.54, 1.807) is 0 Å². The van der Waals surface area contributed by atoms with Crippen LogP contribution in [-0.2, 0) is 19.9 Å². The van der Waals surface area contributed by atoms with E-state index in [-0.39, 0.29) is 6.04 Å². The van der Waals surface area contributed by atoms with Gasteiger partial charge in [0.15, 0.2) is 0 Å². The van der Waals surface area contributed by atoms with Gasteiger partial charge in [-0.2, -0.15) is 5.10 Å². The Labute approximate surface area is 114 Å². The minimum Gasteiger partial charge on any atom is -0.275 e. The van der Waals surface area contributed by atoms with Crippen LogP contribution < -0.4 is 11.3 Å². The van der Waals surface area contributed by atoms with Gasteiger partial charge >= 0.3 is 0 Å². The Morgan fingerprint density at radius 1 is 1.32 bits per heavy atom. The highest BCUT2D eigenvalue weighted by Gasteiger charge is 2.16. The van der Waals surface area contributed by atoms with Crippen LogP contribution in [0.5, 0.6) is 0 Å². The molecule has 0 aliphatic rings. The quantitative estimate of drug-likeness (QED) is 0.616. The molecule has 0 saturated heterocycles. The zero-order valence-corrected chi connectivity index (χ0v) is 11.6. The average molecular weight is 258 g/mol. The predicted octanol–water partition coefficient (Wildman–Crippen LogP) is 2.12. The van der Waals surface area contributed by atoms with Crippen LogP contribution >= 0.6 is 0 Å². The Bertz CT molecular complexity index is 504. The second kappa shape index (κ2) is 6.50. The number of hydrogen-bond donors (Lipinski definition) is 2. The SMILES string of the molecule is CCc1nn(C)cc1C(CCc1ccccc1)NN. The van der Waals surface area contributed by atoms with Gasteiger partial charge in [-0.15, -0.1) is 0 Å². The van der Waals surface area contributed by atoms with Crippen LogP contribution in [0.15, 0.2) is 36.5 Å². The van der Waals surface area contributed by atoms with Crippen LogP contribution in [0.25, 0.3) is 0 Å². The molecule has 2 aromatic rings. The first-order valence-corrected chi connectivity index (χ1v) is 6.77. The van der Waals surface area contributed by atoms with Gasteiger partial charge in [-0.3, -0.25) is 16.0 Å². The minimum atomic E-state index is 0.156. The van der Waals surface area contributed by atoms with Crippen LogP contribution in [0.2, 0.25) is 0 Å². The molecule has 0 saturated carbocycles. The highest BCUT2D eigenvalue weighted by atomic mass is 15.3. The molecule has 4 heteroatoms. The first-order chi connectivity index (χ1) is 9.24. The molecule has 0 fully saturated rings. The normalized spacial score (nSPS) is 12.6. The third-order valence-corrected chi connectivity index (χ3v) is 3.41. The van der Waals surface area contributed by atoms with Crippen molar-refractivity contribution in [1.82, 2.24) is 15.2 Å². The summed E-state index contributed by atoms with van der Waals surface area (Å²) in [7, 11) is 1.95. The van der Waals surface area contributed by atoms with Crippen LogP contribution in [0.4, 0.5) is 0 Å². The van der Waals surface area contributed by atoms with Crippen LogP contribution in [0, 0.1) is 0 Å². The van der Waals surface area contributed by atoms with Crippen molar-refractivity contribution in [3.05, 3.63) is 53.3 Å². The number of nitrogens with zero attached hydrogens (tertiary/aromatic N) is 2. The monoisotopic (exact) mass is 258 g/mol. The van der Waals surface area contributed by atoms with Crippen molar-refractivity contribution in [3.8, 4) is 0 Å². The average Bonchev–Trinajstić information content (AvgIpc) is 2.82. The van der Waals surface area contributed by atoms with E-state index >= 15 is 0 Å². The van der Waals surface area contributed by atoms with Gasteiger partial charge in [0.2, 0.25) is 0 Å². The minimum absolute atomic E-state index is 0.156. The molecule has 1 atom stereocenters. The number of rotatable bonds is 6. The van der Waals surface area contributed by atoms with Crippen LogP contribution in [-0.4, -0.2) is 9.78 Å². The Morgan fingerprint density at radius 3 is 2.68 bits per heavy atom. The maximum atomic E-state index is 5.71. The third-order valence-electron chi connectivity index (χ3n) is 3.41. The van der Waals surface area contributed by atoms with E-state index in [2.05, 4.69) is 47.9 Å². The Kier molecular flexibility index (Phi) is 4.71. The first-order valence-electron chi connectivity index (χ1n) is 6.77. The molecule has 1 aromatic carbocycles. The molecule has 4 nitrogen and oxygen atoms in total. The fraction of sp³-hybridized carbons (Fsp3) is 0.400. The summed E-state index contributed by atoms with van der Waals surface area (Å²) in [6.07, 6.45) is 4.97. The maximum Gasteiger partial charge on any atom is 0.0670 e. The summed E-state index contributed by atoms with van der Waals surface area (Å²) < 4.78 is 1.86. The topological polar surface area (TPSA) is 55.9 Å². The summed E-state index contributed by atoms with van der Waals surface area (Å²) in [5.41, 5.74) is 6.60. The van der Waals surface area contributed by atoms with Gasteiger partial charge in [0.1, 0.15) is 0 Å². The summed E-state index contributed by atoms with van der Waals surface area (Å²) in [4.78, 5) is 0. The van der Waals surface area contributed by atoms with Gasteiger partial charge < -0.3 is 0 Å². The Hall–Kier alpha value is -1.65. The summed E-state index contributed by atoms with van der Waals surface area (Å²) in [5.74, 6) is 5.71. The summed E-state index contributed by atoms with van der Waals surface area (Å²) in [5, 5.41) is 4.47. The standard InChI is InChI=1S/C15H22N4/c1-3-14-13(11-19(2)18-14)15(17-16)10-9-12-7-5-4-6-8-12/h4-8,11,15,17H,3,9-10,16H2,1-2H3. The van der Waals surface area contributed by atoms with Gasteiger partial charge in [-0.1, -0.05) is 37.3 Å². The van der Waals surface area contributed by atoms with E-state index in [1.165, 1.54) is 11.1 Å². The molecule has 0 radical (unpaired) electrons. The lowest BCUT2D eigenvalue weighted by Gasteiger charge is -2.15. The molecule has 0 spiro atoms. The number of nitrogens with one attached hydrogen (secondary N) is 1. The number of aromatic nitrogens is 2. The van der Waals surface area contributed by atoms with Crippen molar-refractivity contribution in [2.24, 2.45) is 12.9 Å². The molecular weight excluding hydrogens is 236 g/mol. The molecule has 0 aliphatic carbocycles. The Balaban J connectivity index is 2.07. The van der Waals surface area contributed by atoms with Crippen molar-refractivity contribution < 1.29 is 0 Å². The molecule has 1 heterocycles. The molecule has 3 N–H and O–H groups in total. The number of hydrogen-bond acceptors (Lipinski definition) is 3. The smallest absolute Gasteiger partial charge is 0.0670 e. The number of nitrogens with two attached hydrogens (primary N) is 1. The van der Waals surface area contributed by atoms with Crippen molar-refractivity contribution in [1.29, 1.82) is 0 Å². The molecule has 0 amide bonds. The van der Waals surface area contributed by atoms with Gasteiger partial charge in [-0.05, 0) is 24.8 Å². The molecule has 0 aliphatic heterocycles. The van der Waals surface area contributed by atoms with Crippen LogP contribution in [0.1, 0.15) is 36.2 Å². The van der Waals surface area contributed by atoms with Gasteiger partial charge in [-0.25, -0.2) is 0 Å². The van der Waals surface area contributed by atoms with E-state index in [0.717, 1.165) is 25.0 Å². The zero-order chi connectivity index (χ0) is 13.7. The van der Waals surface area contributed by atoms with Gasteiger partial charge in [0, 0.05) is 24.8 Å². The number of aryl methyl sites for hydroxylation is 3. The fourth-order valence-electron chi connectivity index (χ4n) is 2.40. The Morgan fingerprint density at radius 2 is 2.05 bits per heavy atom. The molecule has 1 aromatic heterocycles.